The fourth-order valence-electron chi connectivity index (χ4n) is 2.41. The van der Waals surface area contributed by atoms with Crippen molar-refractivity contribution >= 4 is 23.0 Å². The van der Waals surface area contributed by atoms with Crippen LogP contribution in [0.2, 0.25) is 0 Å². The minimum absolute atomic E-state index is 0.189. The minimum atomic E-state index is -0.189. The van der Waals surface area contributed by atoms with E-state index in [1.165, 1.54) is 0 Å². The van der Waals surface area contributed by atoms with Gasteiger partial charge in [0.05, 0.1) is 24.0 Å². The third-order valence-electron chi connectivity index (χ3n) is 3.29. The lowest BCUT2D eigenvalue weighted by Gasteiger charge is -2.02. The number of aryl methyl sites for hydroxylation is 1. The standard InChI is InChI=1S/C16H16N4O/c1-10-7-11-15-12(9-17-19-16(11)21)13(18-14(15)8-10)5-4-6-20(2)3/h7-9,18H,6H2,1-3H3,(H,19,21). The van der Waals surface area contributed by atoms with E-state index in [0.717, 1.165) is 27.7 Å². The summed E-state index contributed by atoms with van der Waals surface area (Å²) in [6.07, 6.45) is 1.66. The fourth-order valence-corrected chi connectivity index (χ4v) is 2.41. The molecule has 0 fully saturated rings. The van der Waals surface area contributed by atoms with Crippen LogP contribution in [0.5, 0.6) is 0 Å². The second kappa shape index (κ2) is 5.08. The number of H-pyrrole nitrogens is 1. The summed E-state index contributed by atoms with van der Waals surface area (Å²) in [6, 6.07) is 3.90. The molecule has 106 valence electrons. The van der Waals surface area contributed by atoms with Crippen molar-refractivity contribution in [2.75, 3.05) is 20.6 Å². The summed E-state index contributed by atoms with van der Waals surface area (Å²) in [7, 11) is 3.95. The summed E-state index contributed by atoms with van der Waals surface area (Å²) in [5.41, 5.74) is 6.75. The highest BCUT2D eigenvalue weighted by molar-refractivity contribution is 6.15. The van der Waals surface area contributed by atoms with Crippen LogP contribution in [-0.2, 0) is 0 Å². The van der Waals surface area contributed by atoms with E-state index in [4.69, 9.17) is 0 Å². The maximum Gasteiger partial charge on any atom is 0.272 e. The van der Waals surface area contributed by atoms with Gasteiger partial charge >= 0.3 is 0 Å². The van der Waals surface area contributed by atoms with Crippen LogP contribution in [0.4, 0.5) is 0 Å². The molecule has 0 atom stereocenters. The number of aromatic nitrogens is 1. The number of hydrogen-bond donors (Lipinski definition) is 2. The second-order valence-corrected chi connectivity index (χ2v) is 5.39. The molecular formula is C16H16N4O. The number of nitrogens with zero attached hydrogens (tertiary/aromatic N) is 2. The molecule has 0 radical (unpaired) electrons. The molecule has 5 heteroatoms. The highest BCUT2D eigenvalue weighted by atomic mass is 16.2. The molecule has 3 rings (SSSR count). The number of hydrazone groups is 1. The quantitative estimate of drug-likeness (QED) is 0.777. The van der Waals surface area contributed by atoms with E-state index in [1.807, 2.05) is 38.1 Å². The van der Waals surface area contributed by atoms with Gasteiger partial charge in [0, 0.05) is 16.5 Å². The molecule has 1 aliphatic heterocycles. The van der Waals surface area contributed by atoms with Crippen LogP contribution >= 0.6 is 0 Å². The van der Waals surface area contributed by atoms with Crippen molar-refractivity contribution < 1.29 is 4.79 Å². The minimum Gasteiger partial charge on any atom is -0.347 e. The third-order valence-corrected chi connectivity index (χ3v) is 3.29. The summed E-state index contributed by atoms with van der Waals surface area (Å²) in [5, 5.41) is 4.86. The van der Waals surface area contributed by atoms with Crippen molar-refractivity contribution in [3.63, 3.8) is 0 Å². The lowest BCUT2D eigenvalue weighted by molar-refractivity contribution is 0.0957. The first kappa shape index (κ1) is 13.4. The first-order chi connectivity index (χ1) is 10.1. The molecule has 0 bridgehead atoms. The van der Waals surface area contributed by atoms with Gasteiger partial charge < -0.3 is 4.98 Å². The molecule has 0 saturated heterocycles. The van der Waals surface area contributed by atoms with Crippen molar-refractivity contribution in [1.82, 2.24) is 15.3 Å². The number of rotatable bonds is 1. The van der Waals surface area contributed by atoms with Crippen LogP contribution in [0.1, 0.15) is 27.2 Å². The molecule has 21 heavy (non-hydrogen) atoms. The summed E-state index contributed by atoms with van der Waals surface area (Å²) >= 11 is 0. The molecule has 1 aromatic heterocycles. The normalized spacial score (nSPS) is 13.0. The van der Waals surface area contributed by atoms with Crippen LogP contribution in [0.3, 0.4) is 0 Å². The fraction of sp³-hybridized carbons (Fsp3) is 0.250. The molecule has 5 nitrogen and oxygen atoms in total. The summed E-state index contributed by atoms with van der Waals surface area (Å²) in [5.74, 6) is 6.05. The number of amides is 1. The van der Waals surface area contributed by atoms with Gasteiger partial charge in [-0.25, -0.2) is 5.43 Å². The average molecular weight is 280 g/mol. The van der Waals surface area contributed by atoms with E-state index < -0.39 is 0 Å². The van der Waals surface area contributed by atoms with Crippen molar-refractivity contribution in [2.24, 2.45) is 5.10 Å². The molecule has 2 N–H and O–H groups in total. The monoisotopic (exact) mass is 280 g/mol. The van der Waals surface area contributed by atoms with Gasteiger partial charge in [0.15, 0.2) is 0 Å². The van der Waals surface area contributed by atoms with Crippen LogP contribution in [0, 0.1) is 18.8 Å². The lowest BCUT2D eigenvalue weighted by Crippen LogP contribution is -2.16. The topological polar surface area (TPSA) is 60.5 Å². The summed E-state index contributed by atoms with van der Waals surface area (Å²) in [4.78, 5) is 17.4. The largest absolute Gasteiger partial charge is 0.347 e. The van der Waals surface area contributed by atoms with Gasteiger partial charge in [0.1, 0.15) is 0 Å². The van der Waals surface area contributed by atoms with Gasteiger partial charge in [-0.3, -0.25) is 9.69 Å². The summed E-state index contributed by atoms with van der Waals surface area (Å²) in [6.45, 7) is 2.64. The number of carbonyl (C=O) groups is 1. The molecule has 2 aromatic rings. The predicted molar refractivity (Wildman–Crippen MR) is 83.5 cm³/mol. The highest BCUT2D eigenvalue weighted by Gasteiger charge is 2.19. The lowest BCUT2D eigenvalue weighted by atomic mass is 10.0. The van der Waals surface area contributed by atoms with E-state index in [1.54, 1.807) is 6.21 Å². The van der Waals surface area contributed by atoms with Gasteiger partial charge in [0.25, 0.3) is 5.91 Å². The third kappa shape index (κ3) is 2.41. The van der Waals surface area contributed by atoms with Gasteiger partial charge in [0.2, 0.25) is 0 Å². The van der Waals surface area contributed by atoms with Gasteiger partial charge in [-0.2, -0.15) is 5.10 Å². The Labute approximate surface area is 123 Å². The van der Waals surface area contributed by atoms with Crippen molar-refractivity contribution in [1.29, 1.82) is 0 Å². The number of carbonyl (C=O) groups excluding carboxylic acids is 1. The average Bonchev–Trinajstić information content (AvgIpc) is 2.65. The van der Waals surface area contributed by atoms with E-state index >= 15 is 0 Å². The first-order valence-electron chi connectivity index (χ1n) is 6.69. The molecule has 0 spiro atoms. The van der Waals surface area contributed by atoms with Gasteiger partial charge in [-0.05, 0) is 44.6 Å². The SMILES string of the molecule is Cc1cc2c3c(c(C#CCN(C)C)[nH]c3c1)C=NNC2=O. The molecule has 0 aliphatic carbocycles. The van der Waals surface area contributed by atoms with Gasteiger partial charge in [-0.1, -0.05) is 5.92 Å². The van der Waals surface area contributed by atoms with E-state index in [-0.39, 0.29) is 5.91 Å². The number of benzene rings is 1. The number of hydrogen-bond acceptors (Lipinski definition) is 3. The zero-order valence-electron chi connectivity index (χ0n) is 12.2. The Morgan fingerprint density at radius 1 is 1.33 bits per heavy atom. The van der Waals surface area contributed by atoms with Crippen molar-refractivity contribution in [2.45, 2.75) is 6.92 Å². The first-order valence-corrected chi connectivity index (χ1v) is 6.69. The molecular weight excluding hydrogens is 264 g/mol. The van der Waals surface area contributed by atoms with E-state index in [0.29, 0.717) is 12.1 Å². The number of aromatic amines is 1. The van der Waals surface area contributed by atoms with E-state index in [9.17, 15) is 4.79 Å². The van der Waals surface area contributed by atoms with Crippen LogP contribution in [0.15, 0.2) is 17.2 Å². The van der Waals surface area contributed by atoms with Crippen LogP contribution in [0.25, 0.3) is 10.9 Å². The Morgan fingerprint density at radius 3 is 2.90 bits per heavy atom. The Bertz CT molecular complexity index is 818. The maximum absolute atomic E-state index is 12.1. The molecule has 2 heterocycles. The smallest absolute Gasteiger partial charge is 0.272 e. The van der Waals surface area contributed by atoms with Crippen molar-refractivity contribution in [3.05, 3.63) is 34.5 Å². The maximum atomic E-state index is 12.1. The second-order valence-electron chi connectivity index (χ2n) is 5.39. The zero-order chi connectivity index (χ0) is 15.0. The van der Waals surface area contributed by atoms with Crippen molar-refractivity contribution in [3.8, 4) is 11.8 Å². The zero-order valence-corrected chi connectivity index (χ0v) is 12.2. The molecule has 0 unspecified atom stereocenters. The Morgan fingerprint density at radius 2 is 2.14 bits per heavy atom. The molecule has 1 aliphatic rings. The molecule has 0 saturated carbocycles. The number of nitrogens with one attached hydrogen (secondary N) is 2. The summed E-state index contributed by atoms with van der Waals surface area (Å²) < 4.78 is 0. The van der Waals surface area contributed by atoms with Crippen LogP contribution < -0.4 is 5.43 Å². The highest BCUT2D eigenvalue weighted by Crippen LogP contribution is 2.27. The van der Waals surface area contributed by atoms with Crippen LogP contribution in [-0.4, -0.2) is 42.6 Å². The van der Waals surface area contributed by atoms with E-state index in [2.05, 4.69) is 27.4 Å². The Kier molecular flexibility index (Phi) is 3.24. The Hall–Kier alpha value is -2.58. The van der Waals surface area contributed by atoms with Gasteiger partial charge in [-0.15, -0.1) is 0 Å². The Balaban J connectivity index is 2.22. The molecule has 1 aromatic carbocycles. The predicted octanol–water partition coefficient (Wildman–Crippen LogP) is 1.47. The molecule has 1 amide bonds.